The Bertz CT molecular complexity index is 548. The number of nitrogens with two attached hydrogens (primary N) is 1. The minimum atomic E-state index is 0.323. The first-order valence-corrected chi connectivity index (χ1v) is 7.72. The van der Waals surface area contributed by atoms with Crippen molar-refractivity contribution in [3.63, 3.8) is 0 Å². The molecule has 1 aliphatic heterocycles. The molecule has 2 N–H and O–H groups in total. The van der Waals surface area contributed by atoms with Crippen molar-refractivity contribution in [3.05, 3.63) is 17.3 Å². The number of ether oxygens (including phenoxy) is 1. The summed E-state index contributed by atoms with van der Waals surface area (Å²) in [4.78, 5) is 8.08. The van der Waals surface area contributed by atoms with Crippen LogP contribution in [0.25, 0.3) is 4.96 Å². The fourth-order valence-electron chi connectivity index (χ4n) is 2.77. The number of hydrogen-bond acceptors (Lipinski definition) is 5. The standard InChI is InChI=1S/C13H20N4OS/c1-2-18-10-4-3-5-16(9-10)12-11(8-14)17-6-7-19-13(17)15-12/h6-7,10H,2-5,8-9,14H2,1H3. The summed E-state index contributed by atoms with van der Waals surface area (Å²) in [5.74, 6) is 1.04. The molecule has 2 aromatic heterocycles. The van der Waals surface area contributed by atoms with Crippen molar-refractivity contribution in [2.75, 3.05) is 24.6 Å². The zero-order valence-corrected chi connectivity index (χ0v) is 12.0. The van der Waals surface area contributed by atoms with Crippen molar-refractivity contribution >= 4 is 22.1 Å². The number of thiazole rings is 1. The minimum absolute atomic E-state index is 0.323. The molecule has 0 amide bonds. The summed E-state index contributed by atoms with van der Waals surface area (Å²) in [6.07, 6.45) is 4.66. The summed E-state index contributed by atoms with van der Waals surface area (Å²) in [5.41, 5.74) is 7.01. The van der Waals surface area contributed by atoms with Crippen LogP contribution in [0.2, 0.25) is 0 Å². The third-order valence-electron chi connectivity index (χ3n) is 3.61. The first-order chi connectivity index (χ1) is 9.33. The van der Waals surface area contributed by atoms with Gasteiger partial charge < -0.3 is 15.4 Å². The average Bonchev–Trinajstić information content (AvgIpc) is 2.99. The molecule has 1 unspecified atom stereocenters. The molecule has 0 spiro atoms. The quantitative estimate of drug-likeness (QED) is 0.929. The van der Waals surface area contributed by atoms with Crippen LogP contribution in [0.4, 0.5) is 5.82 Å². The summed E-state index contributed by atoms with van der Waals surface area (Å²) in [6.45, 7) is 5.31. The zero-order chi connectivity index (χ0) is 13.2. The van der Waals surface area contributed by atoms with E-state index in [1.165, 1.54) is 0 Å². The Labute approximate surface area is 117 Å². The molecule has 2 aromatic rings. The van der Waals surface area contributed by atoms with Crippen LogP contribution in [0.3, 0.4) is 0 Å². The second kappa shape index (κ2) is 5.48. The lowest BCUT2D eigenvalue weighted by Crippen LogP contribution is -2.40. The lowest BCUT2D eigenvalue weighted by atomic mass is 10.1. The van der Waals surface area contributed by atoms with Crippen LogP contribution in [0.5, 0.6) is 0 Å². The molecule has 1 saturated heterocycles. The van der Waals surface area contributed by atoms with E-state index in [0.29, 0.717) is 12.6 Å². The maximum atomic E-state index is 5.91. The monoisotopic (exact) mass is 280 g/mol. The van der Waals surface area contributed by atoms with Crippen LogP contribution in [-0.4, -0.2) is 35.2 Å². The van der Waals surface area contributed by atoms with Crippen molar-refractivity contribution in [2.24, 2.45) is 5.73 Å². The third-order valence-corrected chi connectivity index (χ3v) is 4.37. The Morgan fingerprint density at radius 2 is 2.47 bits per heavy atom. The summed E-state index contributed by atoms with van der Waals surface area (Å²) >= 11 is 1.65. The number of aromatic nitrogens is 2. The molecule has 0 bridgehead atoms. The molecule has 6 heteroatoms. The molecule has 3 rings (SSSR count). The molecular weight excluding hydrogens is 260 g/mol. The second-order valence-electron chi connectivity index (χ2n) is 4.81. The second-order valence-corrected chi connectivity index (χ2v) is 5.68. The molecule has 1 fully saturated rings. The summed E-state index contributed by atoms with van der Waals surface area (Å²) in [5, 5.41) is 2.05. The number of rotatable bonds is 4. The lowest BCUT2D eigenvalue weighted by Gasteiger charge is -2.33. The lowest BCUT2D eigenvalue weighted by molar-refractivity contribution is 0.0525. The van der Waals surface area contributed by atoms with Gasteiger partial charge in [-0.1, -0.05) is 0 Å². The molecular formula is C13H20N4OS. The summed E-state index contributed by atoms with van der Waals surface area (Å²) in [6, 6.07) is 0. The van der Waals surface area contributed by atoms with E-state index in [-0.39, 0.29) is 0 Å². The average molecular weight is 280 g/mol. The third kappa shape index (κ3) is 2.35. The van der Waals surface area contributed by atoms with Crippen LogP contribution in [-0.2, 0) is 11.3 Å². The van der Waals surface area contributed by atoms with Crippen LogP contribution in [0, 0.1) is 0 Å². The Hall–Kier alpha value is -1.11. The predicted molar refractivity (Wildman–Crippen MR) is 77.8 cm³/mol. The first-order valence-electron chi connectivity index (χ1n) is 6.84. The summed E-state index contributed by atoms with van der Waals surface area (Å²) < 4.78 is 7.86. The molecule has 0 aromatic carbocycles. The van der Waals surface area contributed by atoms with Crippen LogP contribution < -0.4 is 10.6 Å². The van der Waals surface area contributed by atoms with Crippen LogP contribution in [0.15, 0.2) is 11.6 Å². The van der Waals surface area contributed by atoms with Crippen molar-refractivity contribution in [2.45, 2.75) is 32.4 Å². The van der Waals surface area contributed by atoms with Crippen LogP contribution in [0.1, 0.15) is 25.5 Å². The highest BCUT2D eigenvalue weighted by molar-refractivity contribution is 7.15. The van der Waals surface area contributed by atoms with Gasteiger partial charge in [0.1, 0.15) is 0 Å². The number of anilines is 1. The Kier molecular flexibility index (Phi) is 3.72. The number of nitrogens with zero attached hydrogens (tertiary/aromatic N) is 3. The SMILES string of the molecule is CCOC1CCCN(c2nc3sccn3c2CN)C1. The Balaban J connectivity index is 1.88. The van der Waals surface area contributed by atoms with Crippen molar-refractivity contribution in [1.82, 2.24) is 9.38 Å². The topological polar surface area (TPSA) is 55.8 Å². The molecule has 104 valence electrons. The molecule has 0 aliphatic carbocycles. The molecule has 5 nitrogen and oxygen atoms in total. The van der Waals surface area contributed by atoms with Gasteiger partial charge in [-0.3, -0.25) is 4.40 Å². The Morgan fingerprint density at radius 1 is 1.58 bits per heavy atom. The van der Waals surface area contributed by atoms with Gasteiger partial charge in [0.15, 0.2) is 10.8 Å². The van der Waals surface area contributed by atoms with Crippen LogP contribution >= 0.6 is 11.3 Å². The maximum Gasteiger partial charge on any atom is 0.195 e. The highest BCUT2D eigenvalue weighted by atomic mass is 32.1. The molecule has 0 radical (unpaired) electrons. The molecule has 19 heavy (non-hydrogen) atoms. The highest BCUT2D eigenvalue weighted by Crippen LogP contribution is 2.27. The van der Waals surface area contributed by atoms with E-state index in [0.717, 1.165) is 49.0 Å². The zero-order valence-electron chi connectivity index (χ0n) is 11.2. The van der Waals surface area contributed by atoms with Gasteiger partial charge in [-0.2, -0.15) is 0 Å². The number of fused-ring (bicyclic) bond motifs is 1. The smallest absolute Gasteiger partial charge is 0.195 e. The normalized spacial score (nSPS) is 20.3. The van der Waals surface area contributed by atoms with Gasteiger partial charge in [0, 0.05) is 37.8 Å². The van der Waals surface area contributed by atoms with Gasteiger partial charge in [-0.15, -0.1) is 11.3 Å². The van der Waals surface area contributed by atoms with E-state index in [1.807, 2.05) is 11.6 Å². The van der Waals surface area contributed by atoms with E-state index in [2.05, 4.69) is 16.2 Å². The van der Waals surface area contributed by atoms with Gasteiger partial charge in [0.25, 0.3) is 0 Å². The molecule has 3 heterocycles. The van der Waals surface area contributed by atoms with E-state index < -0.39 is 0 Å². The van der Waals surface area contributed by atoms with Crippen molar-refractivity contribution in [3.8, 4) is 0 Å². The number of imidazole rings is 1. The largest absolute Gasteiger partial charge is 0.377 e. The fourth-order valence-corrected chi connectivity index (χ4v) is 3.49. The molecule has 1 aliphatic rings. The van der Waals surface area contributed by atoms with Crippen molar-refractivity contribution in [1.29, 1.82) is 0 Å². The molecule has 1 atom stereocenters. The van der Waals surface area contributed by atoms with Gasteiger partial charge in [-0.05, 0) is 19.8 Å². The summed E-state index contributed by atoms with van der Waals surface area (Å²) in [7, 11) is 0. The van der Waals surface area contributed by atoms with Gasteiger partial charge in [-0.25, -0.2) is 4.98 Å². The van der Waals surface area contributed by atoms with Gasteiger partial charge >= 0.3 is 0 Å². The van der Waals surface area contributed by atoms with E-state index in [4.69, 9.17) is 15.5 Å². The number of piperidine rings is 1. The van der Waals surface area contributed by atoms with E-state index in [1.54, 1.807) is 11.3 Å². The first kappa shape index (κ1) is 12.9. The molecule has 0 saturated carbocycles. The Morgan fingerprint density at radius 3 is 3.26 bits per heavy atom. The maximum absolute atomic E-state index is 5.91. The van der Waals surface area contributed by atoms with E-state index in [9.17, 15) is 0 Å². The fraction of sp³-hybridized carbons (Fsp3) is 0.615. The van der Waals surface area contributed by atoms with Gasteiger partial charge in [0.05, 0.1) is 11.8 Å². The predicted octanol–water partition coefficient (Wildman–Crippen LogP) is 1.86. The van der Waals surface area contributed by atoms with Crippen molar-refractivity contribution < 1.29 is 4.74 Å². The highest BCUT2D eigenvalue weighted by Gasteiger charge is 2.24. The van der Waals surface area contributed by atoms with E-state index >= 15 is 0 Å². The minimum Gasteiger partial charge on any atom is -0.377 e. The number of hydrogen-bond donors (Lipinski definition) is 1. The van der Waals surface area contributed by atoms with Gasteiger partial charge in [0.2, 0.25) is 0 Å².